The predicted molar refractivity (Wildman–Crippen MR) is 78.4 cm³/mol. The minimum atomic E-state index is -0.0205. The van der Waals surface area contributed by atoms with E-state index in [1.165, 1.54) is 0 Å². The van der Waals surface area contributed by atoms with Crippen molar-refractivity contribution in [3.05, 3.63) is 60.4 Å². The van der Waals surface area contributed by atoms with Crippen LogP contribution in [0.15, 0.2) is 54.7 Å². The van der Waals surface area contributed by atoms with Crippen LogP contribution in [0.4, 0.5) is 0 Å². The molecule has 0 saturated heterocycles. The number of nitrogens with zero attached hydrogens (tertiary/aromatic N) is 2. The van der Waals surface area contributed by atoms with E-state index >= 15 is 0 Å². The number of aromatic nitrogens is 2. The van der Waals surface area contributed by atoms with Gasteiger partial charge in [-0.15, -0.1) is 0 Å². The number of imidazole rings is 1. The molecule has 1 amide bonds. The molecule has 4 heteroatoms. The number of nitrogens with one attached hydrogen (secondary N) is 1. The van der Waals surface area contributed by atoms with Gasteiger partial charge in [0.05, 0.1) is 17.8 Å². The van der Waals surface area contributed by atoms with E-state index in [1.54, 1.807) is 7.05 Å². The molecule has 2 heterocycles. The van der Waals surface area contributed by atoms with Crippen LogP contribution >= 0.6 is 0 Å². The van der Waals surface area contributed by atoms with Gasteiger partial charge in [0, 0.05) is 18.8 Å². The van der Waals surface area contributed by atoms with Gasteiger partial charge in [-0.2, -0.15) is 0 Å². The van der Waals surface area contributed by atoms with E-state index in [-0.39, 0.29) is 5.91 Å². The molecule has 1 aromatic carbocycles. The molecule has 0 unspecified atom stereocenters. The number of carbonyl (C=O) groups is 1. The highest BCUT2D eigenvalue weighted by atomic mass is 16.1. The first-order valence-corrected chi connectivity index (χ1v) is 6.51. The molecule has 100 valence electrons. The smallest absolute Gasteiger partial charge is 0.225 e. The first-order valence-electron chi connectivity index (χ1n) is 6.51. The number of amides is 1. The third kappa shape index (κ3) is 2.16. The van der Waals surface area contributed by atoms with Gasteiger partial charge in [-0.1, -0.05) is 36.4 Å². The summed E-state index contributed by atoms with van der Waals surface area (Å²) in [4.78, 5) is 16.4. The zero-order valence-corrected chi connectivity index (χ0v) is 11.2. The Kier molecular flexibility index (Phi) is 3.21. The minimum Gasteiger partial charge on any atom is -0.359 e. The number of likely N-dealkylation sites (N-methyl/N-ethyl adjacent to an activating group) is 1. The summed E-state index contributed by atoms with van der Waals surface area (Å²) in [7, 11) is 1.65. The molecule has 0 saturated carbocycles. The Morgan fingerprint density at radius 2 is 1.90 bits per heavy atom. The normalized spacial score (nSPS) is 10.7. The molecule has 3 rings (SSSR count). The van der Waals surface area contributed by atoms with Crippen LogP contribution in [-0.4, -0.2) is 22.3 Å². The van der Waals surface area contributed by atoms with Crippen LogP contribution in [0.3, 0.4) is 0 Å². The Morgan fingerprint density at radius 3 is 2.65 bits per heavy atom. The minimum absolute atomic E-state index is 0.0205. The van der Waals surface area contributed by atoms with Gasteiger partial charge in [0.1, 0.15) is 5.65 Å². The lowest BCUT2D eigenvalue weighted by molar-refractivity contribution is -0.120. The van der Waals surface area contributed by atoms with E-state index in [4.69, 9.17) is 0 Å². The second-order valence-corrected chi connectivity index (χ2v) is 4.55. The topological polar surface area (TPSA) is 46.4 Å². The summed E-state index contributed by atoms with van der Waals surface area (Å²) in [5.74, 6) is -0.0205. The van der Waals surface area contributed by atoms with Gasteiger partial charge < -0.3 is 9.72 Å². The summed E-state index contributed by atoms with van der Waals surface area (Å²) < 4.78 is 1.97. The van der Waals surface area contributed by atoms with Crippen molar-refractivity contribution in [3.8, 4) is 11.3 Å². The van der Waals surface area contributed by atoms with E-state index in [0.717, 1.165) is 22.6 Å². The van der Waals surface area contributed by atoms with Crippen molar-refractivity contribution in [1.29, 1.82) is 0 Å². The number of carbonyl (C=O) groups excluding carboxylic acids is 1. The zero-order valence-electron chi connectivity index (χ0n) is 11.2. The highest BCUT2D eigenvalue weighted by molar-refractivity contribution is 5.81. The molecule has 4 nitrogen and oxygen atoms in total. The molecule has 0 aliphatic heterocycles. The average molecular weight is 265 g/mol. The third-order valence-corrected chi connectivity index (χ3v) is 3.28. The molecule has 0 atom stereocenters. The molecule has 0 spiro atoms. The molecule has 0 aliphatic carbocycles. The number of hydrogen-bond acceptors (Lipinski definition) is 2. The van der Waals surface area contributed by atoms with E-state index in [2.05, 4.69) is 10.3 Å². The molecular formula is C16H15N3O. The van der Waals surface area contributed by atoms with Gasteiger partial charge in [0.25, 0.3) is 0 Å². The fourth-order valence-corrected chi connectivity index (χ4v) is 2.28. The molecule has 0 fully saturated rings. The molecule has 0 bridgehead atoms. The van der Waals surface area contributed by atoms with Crippen LogP contribution in [0.1, 0.15) is 5.69 Å². The van der Waals surface area contributed by atoms with Crippen molar-refractivity contribution in [2.24, 2.45) is 0 Å². The van der Waals surface area contributed by atoms with E-state index in [9.17, 15) is 4.79 Å². The standard InChI is InChI=1S/C16H15N3O/c1-17-15(20)11-13-16(12-7-3-2-4-8-12)18-14-9-5-6-10-19(13)14/h2-10H,11H2,1H3,(H,17,20). The van der Waals surface area contributed by atoms with Crippen molar-refractivity contribution in [1.82, 2.24) is 14.7 Å². The quantitative estimate of drug-likeness (QED) is 0.789. The van der Waals surface area contributed by atoms with Gasteiger partial charge in [-0.25, -0.2) is 4.98 Å². The summed E-state index contributed by atoms with van der Waals surface area (Å²) in [6, 6.07) is 15.8. The maximum absolute atomic E-state index is 11.8. The van der Waals surface area contributed by atoms with E-state index in [0.29, 0.717) is 6.42 Å². The Hall–Kier alpha value is -2.62. The second-order valence-electron chi connectivity index (χ2n) is 4.55. The highest BCUT2D eigenvalue weighted by Gasteiger charge is 2.15. The fourth-order valence-electron chi connectivity index (χ4n) is 2.28. The second kappa shape index (κ2) is 5.17. The Morgan fingerprint density at radius 1 is 1.15 bits per heavy atom. The summed E-state index contributed by atoms with van der Waals surface area (Å²) in [6.45, 7) is 0. The van der Waals surface area contributed by atoms with E-state index < -0.39 is 0 Å². The highest BCUT2D eigenvalue weighted by Crippen LogP contribution is 2.24. The van der Waals surface area contributed by atoms with Crippen LogP contribution in [0.25, 0.3) is 16.9 Å². The number of rotatable bonds is 3. The SMILES string of the molecule is CNC(=O)Cc1c(-c2ccccc2)nc2ccccn12. The first kappa shape index (κ1) is 12.4. The number of pyridine rings is 1. The molecule has 0 aliphatic rings. The van der Waals surface area contributed by atoms with E-state index in [1.807, 2.05) is 59.1 Å². The van der Waals surface area contributed by atoms with Gasteiger partial charge in [-0.05, 0) is 12.1 Å². The Labute approximate surface area is 117 Å². The zero-order chi connectivity index (χ0) is 13.9. The van der Waals surface area contributed by atoms with Crippen molar-refractivity contribution in [2.45, 2.75) is 6.42 Å². The van der Waals surface area contributed by atoms with Crippen molar-refractivity contribution >= 4 is 11.6 Å². The Bertz CT molecular complexity index is 747. The lowest BCUT2D eigenvalue weighted by atomic mass is 10.1. The van der Waals surface area contributed by atoms with Crippen LogP contribution in [-0.2, 0) is 11.2 Å². The largest absolute Gasteiger partial charge is 0.359 e. The summed E-state index contributed by atoms with van der Waals surface area (Å²) in [6.07, 6.45) is 2.25. The first-order chi connectivity index (χ1) is 9.79. The van der Waals surface area contributed by atoms with Crippen molar-refractivity contribution in [3.63, 3.8) is 0 Å². The van der Waals surface area contributed by atoms with Gasteiger partial charge in [0.15, 0.2) is 0 Å². The van der Waals surface area contributed by atoms with Crippen molar-refractivity contribution < 1.29 is 4.79 Å². The number of hydrogen-bond donors (Lipinski definition) is 1. The lowest BCUT2D eigenvalue weighted by Gasteiger charge is -2.04. The van der Waals surface area contributed by atoms with Crippen LogP contribution in [0, 0.1) is 0 Å². The van der Waals surface area contributed by atoms with Gasteiger partial charge >= 0.3 is 0 Å². The average Bonchev–Trinajstić information content (AvgIpc) is 2.87. The Balaban J connectivity index is 2.20. The maximum atomic E-state index is 11.8. The molecule has 2 aromatic heterocycles. The summed E-state index contributed by atoms with van der Waals surface area (Å²) >= 11 is 0. The maximum Gasteiger partial charge on any atom is 0.225 e. The van der Waals surface area contributed by atoms with Crippen LogP contribution in [0.5, 0.6) is 0 Å². The monoisotopic (exact) mass is 265 g/mol. The number of fused-ring (bicyclic) bond motifs is 1. The molecule has 1 N–H and O–H groups in total. The lowest BCUT2D eigenvalue weighted by Crippen LogP contribution is -2.21. The fraction of sp³-hybridized carbons (Fsp3) is 0.125. The molecule has 3 aromatic rings. The molecule has 0 radical (unpaired) electrons. The van der Waals surface area contributed by atoms with Crippen LogP contribution < -0.4 is 5.32 Å². The molecule has 20 heavy (non-hydrogen) atoms. The summed E-state index contributed by atoms with van der Waals surface area (Å²) in [5, 5.41) is 2.67. The summed E-state index contributed by atoms with van der Waals surface area (Å²) in [5.41, 5.74) is 3.65. The molecular weight excluding hydrogens is 250 g/mol. The predicted octanol–water partition coefficient (Wildman–Crippen LogP) is 2.29. The third-order valence-electron chi connectivity index (χ3n) is 3.28. The van der Waals surface area contributed by atoms with Gasteiger partial charge in [0.2, 0.25) is 5.91 Å². The van der Waals surface area contributed by atoms with Crippen molar-refractivity contribution in [2.75, 3.05) is 7.05 Å². The van der Waals surface area contributed by atoms with Gasteiger partial charge in [-0.3, -0.25) is 4.79 Å². The number of benzene rings is 1. The van der Waals surface area contributed by atoms with Crippen LogP contribution in [0.2, 0.25) is 0 Å².